The van der Waals surface area contributed by atoms with Crippen LogP contribution in [0.25, 0.3) is 0 Å². The van der Waals surface area contributed by atoms with Gasteiger partial charge in [-0.1, -0.05) is 50.6 Å². The number of nitrogens with one attached hydrogen (secondary N) is 2. The maximum atomic E-state index is 11.9. The van der Waals surface area contributed by atoms with Crippen molar-refractivity contribution in [3.8, 4) is 0 Å². The first kappa shape index (κ1) is 24.7. The maximum absolute atomic E-state index is 11.9. The average molecular weight is 501 g/mol. The zero-order chi connectivity index (χ0) is 19.9. The van der Waals surface area contributed by atoms with Crippen molar-refractivity contribution in [1.82, 2.24) is 20.4 Å². The topological polar surface area (TPSA) is 60.0 Å². The van der Waals surface area contributed by atoms with Crippen LogP contribution in [0.1, 0.15) is 31.9 Å². The highest BCUT2D eigenvalue weighted by Crippen LogP contribution is 2.12. The Hall–Kier alpha value is -1.35. The van der Waals surface area contributed by atoms with Gasteiger partial charge in [0.25, 0.3) is 0 Å². The molecule has 7 heteroatoms. The molecule has 1 aromatic carbocycles. The van der Waals surface area contributed by atoms with Crippen LogP contribution in [0.3, 0.4) is 0 Å². The molecule has 0 atom stereocenters. The van der Waals surface area contributed by atoms with Crippen LogP contribution < -0.4 is 10.6 Å². The fraction of sp³-hybridized carbons (Fsp3) is 0.619. The standard InChI is InChI=1S/C21H35N5O.HI/c1-17-7-6-8-18(15-17)16-25-11-13-26(14-12-25)20(22-5)24-10-9-23-19(27)21(2,3)4;/h6-8,15H,9-14,16H2,1-5H3,(H,22,24)(H,23,27);1H. The summed E-state index contributed by atoms with van der Waals surface area (Å²) in [6.07, 6.45) is 0. The quantitative estimate of drug-likeness (QED) is 0.282. The van der Waals surface area contributed by atoms with E-state index in [1.54, 1.807) is 0 Å². The van der Waals surface area contributed by atoms with Crippen molar-refractivity contribution in [2.45, 2.75) is 34.2 Å². The maximum Gasteiger partial charge on any atom is 0.225 e. The molecule has 2 rings (SSSR count). The molecule has 1 aliphatic rings. The molecule has 158 valence electrons. The van der Waals surface area contributed by atoms with Gasteiger partial charge < -0.3 is 15.5 Å². The molecule has 0 aliphatic carbocycles. The first-order chi connectivity index (χ1) is 12.8. The number of benzene rings is 1. The van der Waals surface area contributed by atoms with Crippen LogP contribution >= 0.6 is 24.0 Å². The van der Waals surface area contributed by atoms with Gasteiger partial charge >= 0.3 is 0 Å². The number of rotatable bonds is 5. The minimum absolute atomic E-state index is 0. The molecule has 2 N–H and O–H groups in total. The lowest BCUT2D eigenvalue weighted by molar-refractivity contribution is -0.128. The molecule has 0 aromatic heterocycles. The largest absolute Gasteiger partial charge is 0.354 e. The van der Waals surface area contributed by atoms with Crippen molar-refractivity contribution >= 4 is 35.8 Å². The number of guanidine groups is 1. The van der Waals surface area contributed by atoms with E-state index in [0.717, 1.165) is 38.7 Å². The molecular weight excluding hydrogens is 465 g/mol. The number of amides is 1. The molecule has 1 saturated heterocycles. The van der Waals surface area contributed by atoms with Gasteiger partial charge in [0, 0.05) is 58.3 Å². The summed E-state index contributed by atoms with van der Waals surface area (Å²) in [5, 5.41) is 6.32. The van der Waals surface area contributed by atoms with E-state index in [1.165, 1.54) is 11.1 Å². The Labute approximate surface area is 187 Å². The number of hydrogen-bond acceptors (Lipinski definition) is 3. The number of aryl methyl sites for hydroxylation is 1. The number of hydrogen-bond donors (Lipinski definition) is 2. The van der Waals surface area contributed by atoms with Gasteiger partial charge in [-0.25, -0.2) is 0 Å². The molecule has 1 heterocycles. The second kappa shape index (κ2) is 11.6. The molecule has 1 aromatic rings. The minimum atomic E-state index is -0.352. The summed E-state index contributed by atoms with van der Waals surface area (Å²) in [7, 11) is 1.81. The van der Waals surface area contributed by atoms with E-state index >= 15 is 0 Å². The lowest BCUT2D eigenvalue weighted by atomic mass is 9.96. The molecule has 0 radical (unpaired) electrons. The SMILES string of the molecule is CN=C(NCCNC(=O)C(C)(C)C)N1CCN(Cc2cccc(C)c2)CC1.I. The molecule has 28 heavy (non-hydrogen) atoms. The molecule has 1 amide bonds. The van der Waals surface area contributed by atoms with E-state index < -0.39 is 0 Å². The van der Waals surface area contributed by atoms with Crippen LogP contribution in [0.2, 0.25) is 0 Å². The molecule has 1 aliphatic heterocycles. The van der Waals surface area contributed by atoms with Crippen LogP contribution in [-0.4, -0.2) is 68.0 Å². The Balaban J connectivity index is 0.00000392. The zero-order valence-corrected chi connectivity index (χ0v) is 20.2. The second-order valence-electron chi connectivity index (χ2n) is 8.23. The van der Waals surface area contributed by atoms with Crippen LogP contribution in [0.4, 0.5) is 0 Å². The molecule has 6 nitrogen and oxygen atoms in total. The Morgan fingerprint density at radius 2 is 1.75 bits per heavy atom. The first-order valence-electron chi connectivity index (χ1n) is 9.81. The second-order valence-corrected chi connectivity index (χ2v) is 8.23. The van der Waals surface area contributed by atoms with Crippen molar-refractivity contribution in [1.29, 1.82) is 0 Å². The molecule has 0 bridgehead atoms. The third-order valence-electron chi connectivity index (χ3n) is 4.75. The lowest BCUT2D eigenvalue weighted by Crippen LogP contribution is -2.53. The minimum Gasteiger partial charge on any atom is -0.354 e. The summed E-state index contributed by atoms with van der Waals surface area (Å²) in [6, 6.07) is 8.73. The van der Waals surface area contributed by atoms with Crippen molar-refractivity contribution < 1.29 is 4.79 Å². The molecule has 0 spiro atoms. The highest BCUT2D eigenvalue weighted by molar-refractivity contribution is 14.0. The van der Waals surface area contributed by atoms with Crippen molar-refractivity contribution in [2.75, 3.05) is 46.3 Å². The van der Waals surface area contributed by atoms with Crippen LogP contribution in [0, 0.1) is 12.3 Å². The van der Waals surface area contributed by atoms with Gasteiger partial charge in [-0.05, 0) is 12.5 Å². The number of nitrogens with zero attached hydrogens (tertiary/aromatic N) is 3. The fourth-order valence-electron chi connectivity index (χ4n) is 3.13. The summed E-state index contributed by atoms with van der Waals surface area (Å²) < 4.78 is 0. The third-order valence-corrected chi connectivity index (χ3v) is 4.75. The summed E-state index contributed by atoms with van der Waals surface area (Å²) in [5.74, 6) is 0.985. The number of aliphatic imine (C=N–C) groups is 1. The first-order valence-corrected chi connectivity index (χ1v) is 9.81. The van der Waals surface area contributed by atoms with Gasteiger partial charge in [0.15, 0.2) is 5.96 Å². The van der Waals surface area contributed by atoms with E-state index in [2.05, 4.69) is 56.6 Å². The molecular formula is C21H36IN5O. The Kier molecular flexibility index (Phi) is 10.2. The predicted octanol–water partition coefficient (Wildman–Crippen LogP) is 2.47. The number of halogens is 1. The average Bonchev–Trinajstić information content (AvgIpc) is 2.62. The van der Waals surface area contributed by atoms with Gasteiger partial charge in [0.2, 0.25) is 5.91 Å². The summed E-state index contributed by atoms with van der Waals surface area (Å²) >= 11 is 0. The highest BCUT2D eigenvalue weighted by atomic mass is 127. The third kappa shape index (κ3) is 7.95. The van der Waals surface area contributed by atoms with Gasteiger partial charge in [0.1, 0.15) is 0 Å². The Morgan fingerprint density at radius 3 is 2.32 bits per heavy atom. The van der Waals surface area contributed by atoms with Crippen molar-refractivity contribution in [3.05, 3.63) is 35.4 Å². The van der Waals surface area contributed by atoms with Gasteiger partial charge in [-0.3, -0.25) is 14.7 Å². The number of piperazine rings is 1. The summed E-state index contributed by atoms with van der Waals surface area (Å²) in [6.45, 7) is 14.1. The normalized spacial score (nSPS) is 15.8. The van der Waals surface area contributed by atoms with E-state index in [4.69, 9.17) is 0 Å². The summed E-state index contributed by atoms with van der Waals surface area (Å²) in [5.41, 5.74) is 2.34. The molecule has 0 unspecified atom stereocenters. The Bertz CT molecular complexity index is 648. The van der Waals surface area contributed by atoms with E-state index in [9.17, 15) is 4.79 Å². The lowest BCUT2D eigenvalue weighted by Gasteiger charge is -2.36. The monoisotopic (exact) mass is 501 g/mol. The molecule has 0 saturated carbocycles. The smallest absolute Gasteiger partial charge is 0.225 e. The van der Waals surface area contributed by atoms with E-state index in [0.29, 0.717) is 13.1 Å². The zero-order valence-electron chi connectivity index (χ0n) is 17.9. The number of carbonyl (C=O) groups excluding carboxylic acids is 1. The van der Waals surface area contributed by atoms with Gasteiger partial charge in [0.05, 0.1) is 0 Å². The van der Waals surface area contributed by atoms with E-state index in [-0.39, 0.29) is 35.3 Å². The van der Waals surface area contributed by atoms with Crippen molar-refractivity contribution in [3.63, 3.8) is 0 Å². The number of carbonyl (C=O) groups is 1. The van der Waals surface area contributed by atoms with Crippen molar-refractivity contribution in [2.24, 2.45) is 10.4 Å². The van der Waals surface area contributed by atoms with Crippen LogP contribution in [0.5, 0.6) is 0 Å². The van der Waals surface area contributed by atoms with Gasteiger partial charge in [-0.2, -0.15) is 0 Å². The highest BCUT2D eigenvalue weighted by Gasteiger charge is 2.21. The van der Waals surface area contributed by atoms with Crippen LogP contribution in [0.15, 0.2) is 29.3 Å². The van der Waals surface area contributed by atoms with E-state index in [1.807, 2.05) is 27.8 Å². The fourth-order valence-corrected chi connectivity index (χ4v) is 3.13. The Morgan fingerprint density at radius 1 is 1.11 bits per heavy atom. The summed E-state index contributed by atoms with van der Waals surface area (Å²) in [4.78, 5) is 21.1. The predicted molar refractivity (Wildman–Crippen MR) is 127 cm³/mol. The van der Waals surface area contributed by atoms with Crippen LogP contribution in [-0.2, 0) is 11.3 Å². The van der Waals surface area contributed by atoms with Gasteiger partial charge in [-0.15, -0.1) is 24.0 Å². The molecule has 1 fully saturated rings.